The molecule has 0 aromatic rings. The predicted octanol–water partition coefficient (Wildman–Crippen LogP) is 2.42. The third-order valence-corrected chi connectivity index (χ3v) is 3.33. The van der Waals surface area contributed by atoms with Crippen LogP contribution in [-0.4, -0.2) is 43.5 Å². The van der Waals surface area contributed by atoms with Crippen LogP contribution in [0.1, 0.15) is 39.5 Å². The molecule has 7 heteroatoms. The highest BCUT2D eigenvalue weighted by Gasteiger charge is 2.47. The van der Waals surface area contributed by atoms with Gasteiger partial charge in [0.15, 0.2) is 0 Å². The Labute approximate surface area is 117 Å². The average Bonchev–Trinajstić information content (AvgIpc) is 2.78. The third-order valence-electron chi connectivity index (χ3n) is 3.33. The summed E-state index contributed by atoms with van der Waals surface area (Å²) in [4.78, 5) is 12.1. The lowest BCUT2D eigenvalue weighted by atomic mass is 9.97. The van der Waals surface area contributed by atoms with Gasteiger partial charge in [-0.05, 0) is 32.7 Å². The Bertz CT molecular complexity index is 322. The molecular weight excluding hydrogens is 275 g/mol. The molecule has 0 aliphatic heterocycles. The van der Waals surface area contributed by atoms with Crippen LogP contribution in [0.2, 0.25) is 0 Å². The lowest BCUT2D eigenvalue weighted by Crippen LogP contribution is -2.51. The van der Waals surface area contributed by atoms with E-state index in [-0.39, 0.29) is 13.0 Å². The zero-order valence-corrected chi connectivity index (χ0v) is 11.9. The van der Waals surface area contributed by atoms with Crippen LogP contribution in [0.5, 0.6) is 0 Å². The largest absolute Gasteiger partial charge is 0.465 e. The van der Waals surface area contributed by atoms with Gasteiger partial charge < -0.3 is 14.8 Å². The van der Waals surface area contributed by atoms with Crippen molar-refractivity contribution in [2.24, 2.45) is 0 Å². The fourth-order valence-electron chi connectivity index (χ4n) is 2.41. The van der Waals surface area contributed by atoms with Crippen molar-refractivity contribution in [3.63, 3.8) is 0 Å². The number of hydrogen-bond acceptors (Lipinski definition) is 4. The number of nitrogens with one attached hydrogen (secondary N) is 1. The fourth-order valence-corrected chi connectivity index (χ4v) is 2.41. The van der Waals surface area contributed by atoms with Gasteiger partial charge >= 0.3 is 12.1 Å². The fraction of sp³-hybridized carbons (Fsp3) is 0.923. The van der Waals surface area contributed by atoms with Gasteiger partial charge in [0.25, 0.3) is 0 Å². The van der Waals surface area contributed by atoms with Crippen molar-refractivity contribution >= 4 is 5.97 Å². The minimum absolute atomic E-state index is 0.224. The highest BCUT2D eigenvalue weighted by Crippen LogP contribution is 2.34. The minimum atomic E-state index is -4.34. The van der Waals surface area contributed by atoms with Gasteiger partial charge in [-0.2, -0.15) is 13.2 Å². The van der Waals surface area contributed by atoms with E-state index in [0.717, 1.165) is 6.42 Å². The number of rotatable bonds is 7. The Morgan fingerprint density at radius 2 is 2.10 bits per heavy atom. The summed E-state index contributed by atoms with van der Waals surface area (Å²) < 4.78 is 46.4. The van der Waals surface area contributed by atoms with Crippen molar-refractivity contribution in [3.05, 3.63) is 0 Å². The van der Waals surface area contributed by atoms with Gasteiger partial charge in [0.2, 0.25) is 0 Å². The summed E-state index contributed by atoms with van der Waals surface area (Å²) in [5, 5.41) is 3.12. The maximum atomic E-state index is 12.2. The molecule has 2 atom stereocenters. The van der Waals surface area contributed by atoms with E-state index in [0.29, 0.717) is 19.4 Å². The summed E-state index contributed by atoms with van der Waals surface area (Å²) in [5.41, 5.74) is -0.901. The van der Waals surface area contributed by atoms with Crippen molar-refractivity contribution in [1.29, 1.82) is 0 Å². The van der Waals surface area contributed by atoms with E-state index in [9.17, 15) is 18.0 Å². The Morgan fingerprint density at radius 3 is 2.65 bits per heavy atom. The van der Waals surface area contributed by atoms with Crippen molar-refractivity contribution in [1.82, 2.24) is 5.32 Å². The number of esters is 1. The smallest absolute Gasteiger partial charge is 0.411 e. The summed E-state index contributed by atoms with van der Waals surface area (Å²) in [6.07, 6.45) is -2.99. The molecule has 0 heterocycles. The molecule has 1 fully saturated rings. The molecule has 0 spiro atoms. The van der Waals surface area contributed by atoms with Gasteiger partial charge in [0.1, 0.15) is 12.1 Å². The van der Waals surface area contributed by atoms with Crippen molar-refractivity contribution < 1.29 is 27.4 Å². The Morgan fingerprint density at radius 1 is 1.40 bits per heavy atom. The lowest BCUT2D eigenvalue weighted by Gasteiger charge is -2.28. The molecule has 1 aliphatic carbocycles. The highest BCUT2D eigenvalue weighted by molar-refractivity contribution is 5.81. The first-order chi connectivity index (χ1) is 9.33. The molecule has 4 nitrogen and oxygen atoms in total. The van der Waals surface area contributed by atoms with Crippen LogP contribution in [0.25, 0.3) is 0 Å². The molecule has 0 amide bonds. The Balaban J connectivity index is 2.61. The minimum Gasteiger partial charge on any atom is -0.465 e. The quantitative estimate of drug-likeness (QED) is 0.733. The molecule has 0 bridgehead atoms. The van der Waals surface area contributed by atoms with E-state index < -0.39 is 30.4 Å². The van der Waals surface area contributed by atoms with Crippen molar-refractivity contribution in [3.8, 4) is 0 Å². The first kappa shape index (κ1) is 17.2. The molecule has 118 valence electrons. The number of hydrogen-bond donors (Lipinski definition) is 1. The molecule has 1 N–H and O–H groups in total. The number of halogens is 3. The summed E-state index contributed by atoms with van der Waals surface area (Å²) in [5.74, 6) is -0.397. The first-order valence-electron chi connectivity index (χ1n) is 6.93. The van der Waals surface area contributed by atoms with Crippen LogP contribution in [0.3, 0.4) is 0 Å². The summed E-state index contributed by atoms with van der Waals surface area (Å²) >= 11 is 0. The molecule has 0 aromatic heterocycles. The first-order valence-corrected chi connectivity index (χ1v) is 6.93. The molecule has 1 saturated carbocycles. The average molecular weight is 297 g/mol. The van der Waals surface area contributed by atoms with E-state index in [4.69, 9.17) is 9.47 Å². The van der Waals surface area contributed by atoms with Crippen molar-refractivity contribution in [2.75, 3.05) is 19.8 Å². The monoisotopic (exact) mass is 297 g/mol. The number of carbonyl (C=O) groups excluding carboxylic acids is 1. The number of alkyl halides is 3. The van der Waals surface area contributed by atoms with E-state index >= 15 is 0 Å². The van der Waals surface area contributed by atoms with Gasteiger partial charge in [-0.15, -0.1) is 0 Å². The van der Waals surface area contributed by atoms with Gasteiger partial charge in [-0.3, -0.25) is 4.79 Å². The summed E-state index contributed by atoms with van der Waals surface area (Å²) in [6, 6.07) is 0. The molecule has 20 heavy (non-hydrogen) atoms. The molecule has 1 rings (SSSR count). The molecule has 0 saturated heterocycles. The SMILES string of the molecule is CCCNC1(C(=O)OCC)CCC(OCC(F)(F)F)C1. The zero-order chi connectivity index (χ0) is 15.2. The topological polar surface area (TPSA) is 47.6 Å². The van der Waals surface area contributed by atoms with Crippen molar-refractivity contribution in [2.45, 2.75) is 57.3 Å². The maximum absolute atomic E-state index is 12.2. The molecular formula is C13H22F3NO3. The van der Waals surface area contributed by atoms with Crippen LogP contribution >= 0.6 is 0 Å². The summed E-state index contributed by atoms with van der Waals surface area (Å²) in [6.45, 7) is 3.26. The predicted molar refractivity (Wildman–Crippen MR) is 67.3 cm³/mol. The molecule has 0 radical (unpaired) electrons. The van der Waals surface area contributed by atoms with Crippen LogP contribution in [-0.2, 0) is 14.3 Å². The number of carbonyl (C=O) groups is 1. The van der Waals surface area contributed by atoms with Crippen LogP contribution in [0.4, 0.5) is 13.2 Å². The Hall–Kier alpha value is -0.820. The second-order valence-corrected chi connectivity index (χ2v) is 5.02. The van der Waals surface area contributed by atoms with Crippen LogP contribution in [0, 0.1) is 0 Å². The number of ether oxygens (including phenoxy) is 2. The van der Waals surface area contributed by atoms with E-state index in [2.05, 4.69) is 5.32 Å². The molecule has 0 aromatic carbocycles. The van der Waals surface area contributed by atoms with Gasteiger partial charge in [-0.1, -0.05) is 6.92 Å². The van der Waals surface area contributed by atoms with Gasteiger partial charge in [0.05, 0.1) is 12.7 Å². The maximum Gasteiger partial charge on any atom is 0.411 e. The zero-order valence-electron chi connectivity index (χ0n) is 11.9. The third kappa shape index (κ3) is 4.94. The lowest BCUT2D eigenvalue weighted by molar-refractivity contribution is -0.185. The second-order valence-electron chi connectivity index (χ2n) is 5.02. The van der Waals surface area contributed by atoms with E-state index in [1.807, 2.05) is 6.92 Å². The summed E-state index contributed by atoms with van der Waals surface area (Å²) in [7, 11) is 0. The van der Waals surface area contributed by atoms with E-state index in [1.165, 1.54) is 0 Å². The second kappa shape index (κ2) is 7.26. The van der Waals surface area contributed by atoms with Crippen LogP contribution < -0.4 is 5.32 Å². The van der Waals surface area contributed by atoms with Gasteiger partial charge in [0, 0.05) is 6.42 Å². The van der Waals surface area contributed by atoms with Crippen LogP contribution in [0.15, 0.2) is 0 Å². The normalized spacial score (nSPS) is 26.8. The van der Waals surface area contributed by atoms with E-state index in [1.54, 1.807) is 6.92 Å². The molecule has 1 aliphatic rings. The Kier molecular flexibility index (Phi) is 6.26. The highest BCUT2D eigenvalue weighted by atomic mass is 19.4. The van der Waals surface area contributed by atoms with Gasteiger partial charge in [-0.25, -0.2) is 0 Å². The molecule has 2 unspecified atom stereocenters. The standard InChI is InChI=1S/C13H22F3NO3/c1-3-7-17-12(11(18)19-4-2)6-5-10(8-12)20-9-13(14,15)16/h10,17H,3-9H2,1-2H3.